The molecule has 18 aromatic rings. The van der Waals surface area contributed by atoms with Gasteiger partial charge in [0, 0.05) is 74.4 Å². The summed E-state index contributed by atoms with van der Waals surface area (Å²) in [7, 11) is 0. The van der Waals surface area contributed by atoms with Gasteiger partial charge >= 0.3 is 40.2 Å². The van der Waals surface area contributed by atoms with Crippen molar-refractivity contribution >= 4 is 98.5 Å². The van der Waals surface area contributed by atoms with E-state index < -0.39 is 0 Å². The molecule has 0 unspecified atom stereocenters. The van der Waals surface area contributed by atoms with Gasteiger partial charge in [-0.25, -0.2) is 0 Å². The molecule has 0 aliphatic carbocycles. The molecule has 0 atom stereocenters. The molecule has 12 heterocycles. The number of hydrogen-bond acceptors (Lipinski definition) is 6. The largest absolute Gasteiger partial charge is 3.00 e. The van der Waals surface area contributed by atoms with Crippen LogP contribution < -0.4 is 0 Å². The molecule has 0 bridgehead atoms. The average molecular weight is 1420 g/mol. The third-order valence-electron chi connectivity index (χ3n) is 13.6. The second-order valence-corrected chi connectivity index (χ2v) is 18.9. The van der Waals surface area contributed by atoms with Crippen LogP contribution in [0, 0.1) is 50.2 Å². The van der Waals surface area contributed by atoms with Gasteiger partial charge < -0.3 is 26.4 Å². The molecule has 396 valence electrons. The van der Waals surface area contributed by atoms with E-state index in [1.54, 1.807) is 24.8 Å². The predicted molar refractivity (Wildman–Crippen MR) is 319 cm³/mol. The molecule has 12 aromatic heterocycles. The van der Waals surface area contributed by atoms with Crippen molar-refractivity contribution in [1.82, 2.24) is 56.3 Å². The summed E-state index contributed by atoms with van der Waals surface area (Å²) in [5.41, 5.74) is 8.29. The van der Waals surface area contributed by atoms with Gasteiger partial charge in [0.2, 0.25) is 0 Å². The summed E-state index contributed by atoms with van der Waals surface area (Å²) in [6, 6.07) is 64.0. The first-order valence-corrected chi connectivity index (χ1v) is 25.8. The molecule has 0 N–H and O–H groups in total. The van der Waals surface area contributed by atoms with E-state index in [9.17, 15) is 0 Å². The van der Waals surface area contributed by atoms with E-state index in [0.29, 0.717) is 0 Å². The van der Waals surface area contributed by atoms with Gasteiger partial charge in [-0.15, -0.1) is 209 Å². The van der Waals surface area contributed by atoms with Gasteiger partial charge in [0.25, 0.3) is 0 Å². The molecule has 0 saturated carbocycles. The molecule has 0 spiro atoms. The van der Waals surface area contributed by atoms with Crippen LogP contribution in [0.4, 0.5) is 0 Å². The van der Waals surface area contributed by atoms with Crippen molar-refractivity contribution in [3.05, 3.63) is 293 Å². The summed E-state index contributed by atoms with van der Waals surface area (Å²) in [6.07, 6.45) is 34.6. The van der Waals surface area contributed by atoms with Gasteiger partial charge in [-0.05, 0) is 37.2 Å². The van der Waals surface area contributed by atoms with Crippen LogP contribution in [0.3, 0.4) is 0 Å². The van der Waals surface area contributed by atoms with Crippen molar-refractivity contribution in [3.8, 4) is 0 Å². The second kappa shape index (κ2) is 24.4. The number of pyridine rings is 6. The van der Waals surface area contributed by atoms with E-state index in [4.69, 9.17) is 0 Å². The molecule has 6 aromatic carbocycles. The van der Waals surface area contributed by atoms with Crippen LogP contribution in [0.15, 0.2) is 245 Å². The smallest absolute Gasteiger partial charge is 0.347 e. The summed E-state index contributed by atoms with van der Waals surface area (Å²) < 4.78 is 12.0. The molecule has 0 radical (unpaired) electrons. The summed E-state index contributed by atoms with van der Waals surface area (Å²) >= 11 is 0. The molecule has 12 nitrogen and oxygen atoms in total. The number of hydrogen-bond donors (Lipinski definition) is 0. The molecular weight excluding hydrogens is 1370 g/mol. The minimum atomic E-state index is 0. The maximum Gasteiger partial charge on any atom is 3.00 e. The van der Waals surface area contributed by atoms with Gasteiger partial charge in [-0.2, -0.15) is 0 Å². The van der Waals surface area contributed by atoms with E-state index in [0.717, 1.165) is 66.2 Å². The molecule has 0 aliphatic rings. The zero-order chi connectivity index (χ0) is 53.8. The first-order valence-electron chi connectivity index (χ1n) is 25.8. The number of benzene rings is 6. The molecule has 0 fully saturated rings. The molecule has 14 heteroatoms. The minimum Gasteiger partial charge on any atom is -0.347 e. The topological polar surface area (TPSA) is 104 Å². The van der Waals surface area contributed by atoms with Crippen molar-refractivity contribution in [3.63, 3.8) is 0 Å². The number of fused-ring (bicyclic) bond motifs is 18. The monoisotopic (exact) mass is 1420 g/mol. The molecule has 18 rings (SSSR count). The Bertz CT molecular complexity index is 4630. The van der Waals surface area contributed by atoms with Crippen LogP contribution in [0.5, 0.6) is 0 Å². The third-order valence-corrected chi connectivity index (χ3v) is 13.6. The zero-order valence-corrected chi connectivity index (χ0v) is 48.9. The number of nitrogens with zero attached hydrogens (tertiary/aromatic N) is 12. The van der Waals surface area contributed by atoms with Crippen LogP contribution in [0.1, 0.15) is 11.1 Å². The van der Waals surface area contributed by atoms with E-state index in [1.807, 2.05) is 174 Å². The Morgan fingerprint density at radius 2 is 0.488 bits per heavy atom. The summed E-state index contributed by atoms with van der Waals surface area (Å²) in [5, 5.41) is 13.6. The van der Waals surface area contributed by atoms with Crippen LogP contribution in [0.25, 0.3) is 98.5 Å². The van der Waals surface area contributed by atoms with Gasteiger partial charge in [0.05, 0.1) is 33.9 Å². The van der Waals surface area contributed by atoms with Gasteiger partial charge in [-0.1, -0.05) is 50.2 Å². The van der Waals surface area contributed by atoms with E-state index in [1.165, 1.54) is 43.4 Å². The Kier molecular flexibility index (Phi) is 16.1. The van der Waals surface area contributed by atoms with Crippen LogP contribution in [0.2, 0.25) is 0 Å². The SMILES string of the molecule is Cc1c[c-]c2c(ccn3ccnc23)c1.Cc1c[c-]c2c(ccn3ccnc23)c1.[Ir+3].[Ir+3].[c-]1cccc2ccn3ccnc3c12.[c-]1cccc2ccn3ccnc3c12.[c-]1cccc2ccn3ccnc3c12.[c-]1cccc2ccn3ccnc3c12. The third kappa shape index (κ3) is 11.1. The number of rotatable bonds is 0. The van der Waals surface area contributed by atoms with Crippen molar-refractivity contribution in [2.24, 2.45) is 0 Å². The number of imidazole rings is 6. The van der Waals surface area contributed by atoms with Crippen LogP contribution in [-0.2, 0) is 40.2 Å². The van der Waals surface area contributed by atoms with Gasteiger partial charge in [0.15, 0.2) is 0 Å². The maximum absolute atomic E-state index is 4.31. The zero-order valence-electron chi connectivity index (χ0n) is 44.1. The second-order valence-electron chi connectivity index (χ2n) is 18.9. The fourth-order valence-electron chi connectivity index (χ4n) is 9.76. The predicted octanol–water partition coefficient (Wildman–Crippen LogP) is 14.3. The van der Waals surface area contributed by atoms with Crippen LogP contribution >= 0.6 is 0 Å². The Balaban J connectivity index is 0.000000103. The minimum absolute atomic E-state index is 0. The van der Waals surface area contributed by atoms with Crippen molar-refractivity contribution < 1.29 is 40.2 Å². The molecule has 0 aliphatic heterocycles. The normalized spacial score (nSPS) is 10.9. The van der Waals surface area contributed by atoms with Crippen molar-refractivity contribution in [2.45, 2.75) is 13.8 Å². The number of aromatic nitrogens is 12. The summed E-state index contributed by atoms with van der Waals surface area (Å²) in [5.74, 6) is 0. The fraction of sp³-hybridized carbons (Fsp3) is 0.0294. The summed E-state index contributed by atoms with van der Waals surface area (Å²) in [4.78, 5) is 25.7. The Morgan fingerprint density at radius 3 is 0.732 bits per heavy atom. The molecular formula is C68H46Ir2N12. The van der Waals surface area contributed by atoms with Crippen molar-refractivity contribution in [2.75, 3.05) is 0 Å². The number of aryl methyl sites for hydroxylation is 2. The maximum atomic E-state index is 4.31. The van der Waals surface area contributed by atoms with E-state index in [-0.39, 0.29) is 40.2 Å². The fourth-order valence-corrected chi connectivity index (χ4v) is 9.76. The van der Waals surface area contributed by atoms with Gasteiger partial charge in [-0.3, -0.25) is 29.9 Å². The Hall–Kier alpha value is -9.68. The quantitative estimate of drug-likeness (QED) is 0.140. The summed E-state index contributed by atoms with van der Waals surface area (Å²) in [6.45, 7) is 4.15. The molecule has 0 saturated heterocycles. The van der Waals surface area contributed by atoms with Crippen molar-refractivity contribution in [1.29, 1.82) is 0 Å². The van der Waals surface area contributed by atoms with Gasteiger partial charge in [0.1, 0.15) is 0 Å². The molecule has 82 heavy (non-hydrogen) atoms. The first kappa shape index (κ1) is 54.3. The first-order chi connectivity index (χ1) is 39.5. The molecule has 0 amide bonds. The van der Waals surface area contributed by atoms with E-state index >= 15 is 0 Å². The average Bonchev–Trinajstić information content (AvgIpc) is 4.51. The Labute approximate surface area is 498 Å². The standard InChI is InChI=1S/2C12H9N2.4C11H7N2.2Ir/c2*1-9-2-3-11-10(8-9)4-6-14-7-5-13-12(11)14;4*1-2-4-10-9(3-1)5-7-13-8-6-12-11(10)13;;/h2*2,4-8H,1H3;4*1-3,5-8H;;/q6*-1;2*+3. The van der Waals surface area contributed by atoms with Crippen LogP contribution in [-0.4, -0.2) is 56.3 Å². The Morgan fingerprint density at radius 1 is 0.268 bits per heavy atom. The van der Waals surface area contributed by atoms with E-state index in [2.05, 4.69) is 153 Å².